The summed E-state index contributed by atoms with van der Waals surface area (Å²) in [5, 5.41) is 9.00. The lowest BCUT2D eigenvalue weighted by Crippen LogP contribution is -2.48. The topological polar surface area (TPSA) is 83.6 Å². The number of hydrogen-bond acceptors (Lipinski definition) is 3. The van der Waals surface area contributed by atoms with Gasteiger partial charge in [-0.3, -0.25) is 4.79 Å². The molecule has 5 heteroatoms. The number of likely N-dealkylation sites (tertiary alicyclic amines) is 1. The highest BCUT2D eigenvalue weighted by molar-refractivity contribution is 5.87. The third-order valence-electron chi connectivity index (χ3n) is 3.67. The summed E-state index contributed by atoms with van der Waals surface area (Å²) in [7, 11) is 0. The predicted molar refractivity (Wildman–Crippen MR) is 71.0 cm³/mol. The summed E-state index contributed by atoms with van der Waals surface area (Å²) in [6, 6.07) is 6.74. The van der Waals surface area contributed by atoms with Crippen LogP contribution in [0.15, 0.2) is 24.3 Å². The molecule has 2 rings (SSSR count). The van der Waals surface area contributed by atoms with Crippen molar-refractivity contribution in [3.63, 3.8) is 0 Å². The maximum atomic E-state index is 11.3. The standard InChI is InChI=1S/C14H18N2O3/c1-9(17)16-6-5-12(13(15)8-16)10-3-2-4-11(7-10)14(18)19/h2-4,7,12-13H,5-6,8,15H2,1H3,(H,18,19). The van der Waals surface area contributed by atoms with E-state index in [-0.39, 0.29) is 23.4 Å². The second-order valence-electron chi connectivity index (χ2n) is 4.95. The van der Waals surface area contributed by atoms with Gasteiger partial charge in [-0.15, -0.1) is 0 Å². The number of nitrogens with zero attached hydrogens (tertiary/aromatic N) is 1. The molecule has 0 bridgehead atoms. The van der Waals surface area contributed by atoms with E-state index < -0.39 is 5.97 Å². The van der Waals surface area contributed by atoms with Crippen molar-refractivity contribution >= 4 is 11.9 Å². The second kappa shape index (κ2) is 5.40. The first kappa shape index (κ1) is 13.5. The fourth-order valence-electron chi connectivity index (χ4n) is 2.58. The number of hydrogen-bond donors (Lipinski definition) is 2. The van der Waals surface area contributed by atoms with Gasteiger partial charge in [0.05, 0.1) is 5.56 Å². The van der Waals surface area contributed by atoms with Gasteiger partial charge in [0.1, 0.15) is 0 Å². The summed E-state index contributed by atoms with van der Waals surface area (Å²) >= 11 is 0. The molecular weight excluding hydrogens is 244 g/mol. The second-order valence-corrected chi connectivity index (χ2v) is 4.95. The van der Waals surface area contributed by atoms with Gasteiger partial charge < -0.3 is 15.7 Å². The molecular formula is C14H18N2O3. The van der Waals surface area contributed by atoms with Gasteiger partial charge in [-0.2, -0.15) is 0 Å². The minimum atomic E-state index is -0.934. The summed E-state index contributed by atoms with van der Waals surface area (Å²) in [5.74, 6) is -0.792. The van der Waals surface area contributed by atoms with E-state index in [2.05, 4.69) is 0 Å². The average molecular weight is 262 g/mol. The van der Waals surface area contributed by atoms with E-state index in [1.54, 1.807) is 23.1 Å². The highest BCUT2D eigenvalue weighted by Crippen LogP contribution is 2.28. The average Bonchev–Trinajstić information content (AvgIpc) is 2.38. The van der Waals surface area contributed by atoms with Gasteiger partial charge in [0.2, 0.25) is 5.91 Å². The maximum absolute atomic E-state index is 11.3. The van der Waals surface area contributed by atoms with Crippen LogP contribution in [0.3, 0.4) is 0 Å². The van der Waals surface area contributed by atoms with Crippen molar-refractivity contribution in [2.75, 3.05) is 13.1 Å². The van der Waals surface area contributed by atoms with Crippen molar-refractivity contribution in [3.8, 4) is 0 Å². The molecule has 1 fully saturated rings. The first-order valence-electron chi connectivity index (χ1n) is 6.33. The SMILES string of the molecule is CC(=O)N1CCC(c2cccc(C(=O)O)c2)C(N)C1. The molecule has 1 aromatic rings. The molecule has 5 nitrogen and oxygen atoms in total. The number of nitrogens with two attached hydrogens (primary N) is 1. The molecule has 1 aromatic carbocycles. The van der Waals surface area contributed by atoms with Gasteiger partial charge in [-0.1, -0.05) is 12.1 Å². The van der Waals surface area contributed by atoms with Crippen molar-refractivity contribution in [1.82, 2.24) is 4.90 Å². The van der Waals surface area contributed by atoms with Crippen molar-refractivity contribution in [3.05, 3.63) is 35.4 Å². The molecule has 1 heterocycles. The zero-order valence-corrected chi connectivity index (χ0v) is 10.9. The first-order chi connectivity index (χ1) is 8.99. The number of aromatic carboxylic acids is 1. The minimum absolute atomic E-state index is 0.0354. The molecule has 1 saturated heterocycles. The third-order valence-corrected chi connectivity index (χ3v) is 3.67. The summed E-state index contributed by atoms with van der Waals surface area (Å²) in [5.41, 5.74) is 7.34. The van der Waals surface area contributed by atoms with E-state index in [4.69, 9.17) is 10.8 Å². The minimum Gasteiger partial charge on any atom is -0.478 e. The highest BCUT2D eigenvalue weighted by atomic mass is 16.4. The Morgan fingerprint density at radius 3 is 2.74 bits per heavy atom. The van der Waals surface area contributed by atoms with Crippen LogP contribution in [0.1, 0.15) is 35.2 Å². The van der Waals surface area contributed by atoms with Crippen molar-refractivity contribution < 1.29 is 14.7 Å². The number of carboxylic acid groups (broad SMARTS) is 1. The Hall–Kier alpha value is -1.88. The number of piperidine rings is 1. The molecule has 2 unspecified atom stereocenters. The van der Waals surface area contributed by atoms with Gasteiger partial charge in [-0.05, 0) is 24.1 Å². The van der Waals surface area contributed by atoms with E-state index in [1.165, 1.54) is 6.92 Å². The summed E-state index contributed by atoms with van der Waals surface area (Å²) in [6.45, 7) is 2.74. The monoisotopic (exact) mass is 262 g/mol. The maximum Gasteiger partial charge on any atom is 0.335 e. The number of amides is 1. The van der Waals surface area contributed by atoms with E-state index in [0.717, 1.165) is 12.0 Å². The van der Waals surface area contributed by atoms with E-state index in [9.17, 15) is 9.59 Å². The van der Waals surface area contributed by atoms with E-state index in [0.29, 0.717) is 13.1 Å². The van der Waals surface area contributed by atoms with Gasteiger partial charge in [0, 0.05) is 32.0 Å². The molecule has 19 heavy (non-hydrogen) atoms. The predicted octanol–water partition coefficient (Wildman–Crippen LogP) is 1.05. The van der Waals surface area contributed by atoms with Crippen LogP contribution in [-0.4, -0.2) is 41.0 Å². The van der Waals surface area contributed by atoms with E-state index in [1.807, 2.05) is 6.07 Å². The van der Waals surface area contributed by atoms with Crippen LogP contribution in [0.2, 0.25) is 0 Å². The summed E-state index contributed by atoms with van der Waals surface area (Å²) < 4.78 is 0. The molecule has 0 aromatic heterocycles. The van der Waals surface area contributed by atoms with Crippen molar-refractivity contribution in [2.24, 2.45) is 5.73 Å². The Morgan fingerprint density at radius 1 is 1.42 bits per heavy atom. The summed E-state index contributed by atoms with van der Waals surface area (Å²) in [6.07, 6.45) is 0.768. The van der Waals surface area contributed by atoms with Crippen LogP contribution in [0.5, 0.6) is 0 Å². The van der Waals surface area contributed by atoms with Crippen LogP contribution in [0.25, 0.3) is 0 Å². The van der Waals surface area contributed by atoms with Gasteiger partial charge in [-0.25, -0.2) is 4.79 Å². The van der Waals surface area contributed by atoms with Gasteiger partial charge in [0.15, 0.2) is 0 Å². The quantitative estimate of drug-likeness (QED) is 0.834. The Morgan fingerprint density at radius 2 is 2.16 bits per heavy atom. The Labute approximate surface area is 112 Å². The fraction of sp³-hybridized carbons (Fsp3) is 0.429. The molecule has 2 atom stereocenters. The van der Waals surface area contributed by atoms with Crippen molar-refractivity contribution in [1.29, 1.82) is 0 Å². The zero-order valence-electron chi connectivity index (χ0n) is 10.9. The first-order valence-corrected chi connectivity index (χ1v) is 6.33. The Kier molecular flexibility index (Phi) is 3.85. The molecule has 102 valence electrons. The van der Waals surface area contributed by atoms with Gasteiger partial charge in [0.25, 0.3) is 0 Å². The fourth-order valence-corrected chi connectivity index (χ4v) is 2.58. The number of carboxylic acids is 1. The lowest BCUT2D eigenvalue weighted by atomic mass is 9.85. The third kappa shape index (κ3) is 2.93. The Bertz CT molecular complexity index is 501. The smallest absolute Gasteiger partial charge is 0.335 e. The van der Waals surface area contributed by atoms with Crippen LogP contribution >= 0.6 is 0 Å². The van der Waals surface area contributed by atoms with Gasteiger partial charge >= 0.3 is 5.97 Å². The van der Waals surface area contributed by atoms with Crippen molar-refractivity contribution in [2.45, 2.75) is 25.3 Å². The normalized spacial score (nSPS) is 23.2. The molecule has 1 aliphatic heterocycles. The molecule has 0 spiro atoms. The lowest BCUT2D eigenvalue weighted by Gasteiger charge is -2.36. The lowest BCUT2D eigenvalue weighted by molar-refractivity contribution is -0.130. The van der Waals surface area contributed by atoms with Crippen LogP contribution in [0, 0.1) is 0 Å². The molecule has 1 amide bonds. The van der Waals surface area contributed by atoms with Crippen LogP contribution in [0.4, 0.5) is 0 Å². The molecule has 0 aliphatic carbocycles. The van der Waals surface area contributed by atoms with Crippen LogP contribution in [-0.2, 0) is 4.79 Å². The Balaban J connectivity index is 2.17. The zero-order chi connectivity index (χ0) is 14.0. The van der Waals surface area contributed by atoms with E-state index >= 15 is 0 Å². The number of carbonyl (C=O) groups excluding carboxylic acids is 1. The molecule has 1 aliphatic rings. The summed E-state index contributed by atoms with van der Waals surface area (Å²) in [4.78, 5) is 24.0. The largest absolute Gasteiger partial charge is 0.478 e. The molecule has 0 saturated carbocycles. The van der Waals surface area contributed by atoms with Crippen LogP contribution < -0.4 is 5.73 Å². The molecule has 3 N–H and O–H groups in total. The number of carbonyl (C=O) groups is 2. The number of benzene rings is 1. The molecule has 0 radical (unpaired) electrons. The number of rotatable bonds is 2. The highest BCUT2D eigenvalue weighted by Gasteiger charge is 2.29.